The third-order valence-electron chi connectivity index (χ3n) is 1.32. The Labute approximate surface area is 75.4 Å². The Hall–Kier alpha value is -1.86. The molecule has 0 atom stereocenters. The van der Waals surface area contributed by atoms with Crippen LogP contribution in [0.3, 0.4) is 0 Å². The van der Waals surface area contributed by atoms with Gasteiger partial charge in [0.05, 0.1) is 6.61 Å². The first-order valence-electron chi connectivity index (χ1n) is 3.59. The van der Waals surface area contributed by atoms with Gasteiger partial charge in [-0.25, -0.2) is 4.98 Å². The third-order valence-corrected chi connectivity index (χ3v) is 1.32. The molecule has 4 heteroatoms. The SMILES string of the molecule is NC(=O)C#Cc1ccc(CO)cn1. The molecular formula is C9H8N2O2. The third kappa shape index (κ3) is 2.93. The van der Waals surface area contributed by atoms with E-state index in [-0.39, 0.29) is 6.61 Å². The van der Waals surface area contributed by atoms with Crippen LogP contribution in [0, 0.1) is 11.8 Å². The Bertz CT molecular complexity index is 359. The highest BCUT2D eigenvalue weighted by Gasteiger charge is 1.91. The number of hydrogen-bond donors (Lipinski definition) is 2. The molecule has 1 aromatic rings. The maximum atomic E-state index is 10.3. The molecule has 0 spiro atoms. The van der Waals surface area contributed by atoms with Gasteiger partial charge in [0.2, 0.25) is 0 Å². The molecule has 0 aliphatic carbocycles. The van der Waals surface area contributed by atoms with E-state index in [0.717, 1.165) is 0 Å². The van der Waals surface area contributed by atoms with Crippen molar-refractivity contribution in [1.29, 1.82) is 0 Å². The maximum absolute atomic E-state index is 10.3. The molecule has 0 unspecified atom stereocenters. The molecule has 0 saturated heterocycles. The van der Waals surface area contributed by atoms with Gasteiger partial charge < -0.3 is 10.8 Å². The summed E-state index contributed by atoms with van der Waals surface area (Å²) in [5.74, 6) is 3.95. The van der Waals surface area contributed by atoms with Crippen molar-refractivity contribution in [2.24, 2.45) is 5.73 Å². The molecule has 4 nitrogen and oxygen atoms in total. The number of carbonyl (C=O) groups excluding carboxylic acids is 1. The second-order valence-electron chi connectivity index (χ2n) is 2.32. The van der Waals surface area contributed by atoms with E-state index in [9.17, 15) is 4.79 Å². The van der Waals surface area contributed by atoms with E-state index in [1.165, 1.54) is 6.20 Å². The fourth-order valence-corrected chi connectivity index (χ4v) is 0.718. The summed E-state index contributed by atoms with van der Waals surface area (Å²) in [7, 11) is 0. The largest absolute Gasteiger partial charge is 0.392 e. The lowest BCUT2D eigenvalue weighted by Crippen LogP contribution is -2.06. The highest BCUT2D eigenvalue weighted by Crippen LogP contribution is 1.98. The summed E-state index contributed by atoms with van der Waals surface area (Å²) >= 11 is 0. The number of pyridine rings is 1. The van der Waals surface area contributed by atoms with Crippen molar-refractivity contribution in [3.05, 3.63) is 29.6 Å². The van der Waals surface area contributed by atoms with E-state index in [4.69, 9.17) is 10.8 Å². The molecular weight excluding hydrogens is 168 g/mol. The molecule has 1 heterocycles. The number of nitrogens with zero attached hydrogens (tertiary/aromatic N) is 1. The van der Waals surface area contributed by atoms with E-state index < -0.39 is 5.91 Å². The van der Waals surface area contributed by atoms with Crippen LogP contribution in [0.2, 0.25) is 0 Å². The van der Waals surface area contributed by atoms with Crippen LogP contribution in [-0.2, 0) is 11.4 Å². The summed E-state index contributed by atoms with van der Waals surface area (Å²) in [6, 6.07) is 3.29. The van der Waals surface area contributed by atoms with Crippen LogP contribution in [0.1, 0.15) is 11.3 Å². The van der Waals surface area contributed by atoms with Crippen molar-refractivity contribution < 1.29 is 9.90 Å². The van der Waals surface area contributed by atoms with Gasteiger partial charge in [-0.1, -0.05) is 6.07 Å². The summed E-state index contributed by atoms with van der Waals surface area (Å²) in [5.41, 5.74) is 5.97. The van der Waals surface area contributed by atoms with Crippen molar-refractivity contribution in [2.75, 3.05) is 0 Å². The molecule has 0 radical (unpaired) electrons. The quantitative estimate of drug-likeness (QED) is 0.561. The first-order chi connectivity index (χ1) is 6.22. The monoisotopic (exact) mass is 176 g/mol. The van der Waals surface area contributed by atoms with Gasteiger partial charge in [-0.15, -0.1) is 0 Å². The number of carbonyl (C=O) groups is 1. The summed E-state index contributed by atoms with van der Waals surface area (Å²) in [5, 5.41) is 8.70. The second kappa shape index (κ2) is 4.24. The van der Waals surface area contributed by atoms with E-state index >= 15 is 0 Å². The predicted octanol–water partition coefficient (Wildman–Crippen LogP) is -0.589. The van der Waals surface area contributed by atoms with Crippen LogP contribution >= 0.6 is 0 Å². The molecule has 0 bridgehead atoms. The Balaban J connectivity index is 2.83. The van der Waals surface area contributed by atoms with Gasteiger partial charge in [0.15, 0.2) is 0 Å². The fourth-order valence-electron chi connectivity index (χ4n) is 0.718. The minimum atomic E-state index is -0.687. The Kier molecular flexibility index (Phi) is 3.01. The van der Waals surface area contributed by atoms with Crippen molar-refractivity contribution in [2.45, 2.75) is 6.61 Å². The summed E-state index contributed by atoms with van der Waals surface area (Å²) in [6.07, 6.45) is 1.49. The van der Waals surface area contributed by atoms with Gasteiger partial charge in [0.25, 0.3) is 5.91 Å². The van der Waals surface area contributed by atoms with Crippen molar-refractivity contribution in [3.63, 3.8) is 0 Å². The Morgan fingerprint density at radius 1 is 1.62 bits per heavy atom. The minimum Gasteiger partial charge on any atom is -0.392 e. The van der Waals surface area contributed by atoms with Crippen LogP contribution in [0.25, 0.3) is 0 Å². The zero-order valence-electron chi connectivity index (χ0n) is 6.82. The number of aliphatic hydroxyl groups excluding tert-OH is 1. The zero-order chi connectivity index (χ0) is 9.68. The minimum absolute atomic E-state index is 0.0590. The number of hydrogen-bond acceptors (Lipinski definition) is 3. The standard InChI is InChI=1S/C9H8N2O2/c10-9(13)4-3-8-2-1-7(6-12)5-11-8/h1-2,5,12H,6H2,(H2,10,13). The van der Waals surface area contributed by atoms with Crippen molar-refractivity contribution >= 4 is 5.91 Å². The molecule has 66 valence electrons. The van der Waals surface area contributed by atoms with Gasteiger partial charge in [-0.3, -0.25) is 4.79 Å². The first-order valence-corrected chi connectivity index (χ1v) is 3.59. The zero-order valence-corrected chi connectivity index (χ0v) is 6.82. The molecule has 3 N–H and O–H groups in total. The van der Waals surface area contributed by atoms with Crippen LogP contribution in [0.4, 0.5) is 0 Å². The molecule has 1 amide bonds. The number of aliphatic hydroxyl groups is 1. The summed E-state index contributed by atoms with van der Waals surface area (Å²) in [6.45, 7) is -0.0590. The van der Waals surface area contributed by atoms with Crippen molar-refractivity contribution in [1.82, 2.24) is 4.98 Å². The smallest absolute Gasteiger partial charge is 0.293 e. The molecule has 1 rings (SSSR count). The Morgan fingerprint density at radius 2 is 2.38 bits per heavy atom. The van der Waals surface area contributed by atoms with E-state index in [1.54, 1.807) is 12.1 Å². The molecule has 0 saturated carbocycles. The first kappa shape index (κ1) is 9.23. The van der Waals surface area contributed by atoms with Crippen LogP contribution in [-0.4, -0.2) is 16.0 Å². The van der Waals surface area contributed by atoms with Gasteiger partial charge in [0.1, 0.15) is 5.69 Å². The highest BCUT2D eigenvalue weighted by molar-refractivity contribution is 5.92. The average molecular weight is 176 g/mol. The number of rotatable bonds is 1. The van der Waals surface area contributed by atoms with Gasteiger partial charge in [-0.2, -0.15) is 0 Å². The van der Waals surface area contributed by atoms with E-state index in [0.29, 0.717) is 11.3 Å². The molecule has 0 aromatic carbocycles. The molecule has 0 aliphatic rings. The fraction of sp³-hybridized carbons (Fsp3) is 0.111. The highest BCUT2D eigenvalue weighted by atomic mass is 16.3. The number of aromatic nitrogens is 1. The van der Waals surface area contributed by atoms with Crippen molar-refractivity contribution in [3.8, 4) is 11.8 Å². The number of nitrogens with two attached hydrogens (primary N) is 1. The molecule has 0 fully saturated rings. The number of amides is 1. The summed E-state index contributed by atoms with van der Waals surface area (Å²) in [4.78, 5) is 14.2. The van der Waals surface area contributed by atoms with E-state index in [1.807, 2.05) is 0 Å². The molecule has 0 aliphatic heterocycles. The van der Waals surface area contributed by atoms with Crippen LogP contribution in [0.15, 0.2) is 18.3 Å². The average Bonchev–Trinajstić information content (AvgIpc) is 2.15. The van der Waals surface area contributed by atoms with Crippen LogP contribution in [0.5, 0.6) is 0 Å². The van der Waals surface area contributed by atoms with Gasteiger partial charge in [0, 0.05) is 12.1 Å². The normalized spacial score (nSPS) is 8.69. The summed E-state index contributed by atoms with van der Waals surface area (Å²) < 4.78 is 0. The van der Waals surface area contributed by atoms with E-state index in [2.05, 4.69) is 16.8 Å². The lowest BCUT2D eigenvalue weighted by atomic mass is 10.2. The second-order valence-corrected chi connectivity index (χ2v) is 2.32. The van der Waals surface area contributed by atoms with Crippen LogP contribution < -0.4 is 5.73 Å². The molecule has 13 heavy (non-hydrogen) atoms. The van der Waals surface area contributed by atoms with Gasteiger partial charge in [-0.05, 0) is 17.6 Å². The maximum Gasteiger partial charge on any atom is 0.293 e. The molecule has 1 aromatic heterocycles. The lowest BCUT2D eigenvalue weighted by molar-refractivity contribution is -0.112. The number of primary amides is 1. The topological polar surface area (TPSA) is 76.2 Å². The van der Waals surface area contributed by atoms with Gasteiger partial charge >= 0.3 is 0 Å². The predicted molar refractivity (Wildman–Crippen MR) is 46.2 cm³/mol. The Morgan fingerprint density at radius 3 is 2.85 bits per heavy atom. The lowest BCUT2D eigenvalue weighted by Gasteiger charge is -1.93.